The van der Waals surface area contributed by atoms with Gasteiger partial charge in [0.25, 0.3) is 0 Å². The van der Waals surface area contributed by atoms with Crippen molar-refractivity contribution in [3.63, 3.8) is 0 Å². The maximum Gasteiger partial charge on any atom is 0.133 e. The molecule has 0 aromatic carbocycles. The first-order valence-electron chi connectivity index (χ1n) is 9.84. The highest BCUT2D eigenvalue weighted by Gasteiger charge is 2.67. The summed E-state index contributed by atoms with van der Waals surface area (Å²) >= 11 is 0. The second kappa shape index (κ2) is 4.85. The number of ether oxygens (including phenoxy) is 1. The van der Waals surface area contributed by atoms with E-state index in [1.807, 2.05) is 0 Å². The van der Waals surface area contributed by atoms with Crippen molar-refractivity contribution in [2.45, 2.75) is 82.2 Å². The maximum atomic E-state index is 12.3. The number of hydrogen-bond acceptors (Lipinski definition) is 4. The molecular formula is C21H28O4. The fraction of sp³-hybridized carbons (Fsp3) is 0.762. The Kier molecular flexibility index (Phi) is 3.14. The number of allylic oxidation sites excluding steroid dienone is 1. The van der Waals surface area contributed by atoms with Crippen molar-refractivity contribution in [1.82, 2.24) is 0 Å². The second-order valence-corrected chi connectivity index (χ2v) is 9.38. The molecule has 4 heteroatoms. The predicted molar refractivity (Wildman–Crippen MR) is 92.8 cm³/mol. The minimum absolute atomic E-state index is 0.00834. The highest BCUT2D eigenvalue weighted by molar-refractivity contribution is 5.83. The Morgan fingerprint density at radius 2 is 2.12 bits per heavy atom. The molecule has 3 fully saturated rings. The molecule has 2 saturated carbocycles. The average Bonchev–Trinajstić information content (AvgIpc) is 3.06. The van der Waals surface area contributed by atoms with Crippen molar-refractivity contribution in [2.24, 2.45) is 17.3 Å². The largest absolute Gasteiger partial charge is 0.390 e. The van der Waals surface area contributed by atoms with Crippen LogP contribution in [0.5, 0.6) is 0 Å². The zero-order chi connectivity index (χ0) is 17.6. The van der Waals surface area contributed by atoms with Gasteiger partial charge in [0.1, 0.15) is 11.9 Å². The van der Waals surface area contributed by atoms with Gasteiger partial charge in [-0.1, -0.05) is 32.4 Å². The normalized spacial score (nSPS) is 53.7. The third-order valence-electron chi connectivity index (χ3n) is 8.07. The number of ketones is 1. The van der Waals surface area contributed by atoms with Gasteiger partial charge in [0, 0.05) is 18.8 Å². The Bertz CT molecular complexity index is 709. The molecule has 136 valence electrons. The summed E-state index contributed by atoms with van der Waals surface area (Å²) in [6.45, 7) is 4.31. The molecule has 0 amide bonds. The minimum Gasteiger partial charge on any atom is -0.390 e. The Morgan fingerprint density at radius 1 is 1.32 bits per heavy atom. The van der Waals surface area contributed by atoms with Crippen molar-refractivity contribution in [1.29, 1.82) is 0 Å². The highest BCUT2D eigenvalue weighted by Crippen LogP contribution is 2.66. The molecule has 5 aliphatic rings. The molecule has 3 aliphatic carbocycles. The lowest BCUT2D eigenvalue weighted by Crippen LogP contribution is -2.57. The van der Waals surface area contributed by atoms with Crippen molar-refractivity contribution in [3.8, 4) is 0 Å². The van der Waals surface area contributed by atoms with E-state index in [0.717, 1.165) is 43.3 Å². The molecule has 2 aliphatic heterocycles. The molecule has 4 nitrogen and oxygen atoms in total. The van der Waals surface area contributed by atoms with Crippen LogP contribution in [0, 0.1) is 17.3 Å². The summed E-state index contributed by atoms with van der Waals surface area (Å²) in [5, 5.41) is 21.3. The van der Waals surface area contributed by atoms with Gasteiger partial charge in [-0.3, -0.25) is 4.79 Å². The van der Waals surface area contributed by atoms with E-state index in [-0.39, 0.29) is 22.9 Å². The number of aliphatic hydroxyl groups is 2. The fourth-order valence-corrected chi connectivity index (χ4v) is 6.74. The summed E-state index contributed by atoms with van der Waals surface area (Å²) < 4.78 is 6.90. The number of carbonyl (C=O) groups excluding carboxylic acids is 1. The molecular weight excluding hydrogens is 316 g/mol. The molecule has 7 atom stereocenters. The number of hydrogen-bond donors (Lipinski definition) is 2. The molecule has 2 spiro atoms. The summed E-state index contributed by atoms with van der Waals surface area (Å²) in [6, 6.07) is 0. The van der Waals surface area contributed by atoms with Crippen LogP contribution in [0.1, 0.15) is 58.8 Å². The maximum absolute atomic E-state index is 12.3. The number of Topliss-reactive ketones (excluding diaryl/α,β-unsaturated/α-hetero) is 1. The van der Waals surface area contributed by atoms with E-state index in [2.05, 4.69) is 26.0 Å². The third kappa shape index (κ3) is 1.86. The van der Waals surface area contributed by atoms with Crippen molar-refractivity contribution in [2.75, 3.05) is 0 Å². The van der Waals surface area contributed by atoms with Crippen LogP contribution in [-0.2, 0) is 9.53 Å². The molecule has 2 N–H and O–H groups in total. The van der Waals surface area contributed by atoms with E-state index in [9.17, 15) is 15.0 Å². The van der Waals surface area contributed by atoms with Crippen LogP contribution in [0.4, 0.5) is 0 Å². The minimum atomic E-state index is -0.839. The Labute approximate surface area is 148 Å². The van der Waals surface area contributed by atoms with E-state index in [0.29, 0.717) is 18.6 Å². The van der Waals surface area contributed by atoms with Crippen LogP contribution in [-0.4, -0.2) is 39.4 Å². The SMILES string of the molecule is CC[C@H]1C[C@@]23CC[C@@]4(O2)C(=CC[C@]2(C)CC(=O)CC24)C=C3[C@@H](O)C1O. The second-order valence-electron chi connectivity index (χ2n) is 9.38. The molecule has 0 radical (unpaired) electrons. The fourth-order valence-electron chi connectivity index (χ4n) is 6.74. The van der Waals surface area contributed by atoms with Crippen LogP contribution >= 0.6 is 0 Å². The predicted octanol–water partition coefficient (Wildman–Crippen LogP) is 2.68. The smallest absolute Gasteiger partial charge is 0.133 e. The molecule has 2 unspecified atom stereocenters. The van der Waals surface area contributed by atoms with E-state index in [1.54, 1.807) is 0 Å². The molecule has 5 rings (SSSR count). The first kappa shape index (κ1) is 16.2. The van der Waals surface area contributed by atoms with Crippen LogP contribution in [0.3, 0.4) is 0 Å². The average molecular weight is 344 g/mol. The Hall–Kier alpha value is -0.970. The molecule has 2 bridgehead atoms. The first-order chi connectivity index (χ1) is 11.8. The van der Waals surface area contributed by atoms with Crippen LogP contribution in [0.25, 0.3) is 0 Å². The standard InChI is InChI=1S/C21H28O4/c1-3-12-10-20-6-7-21(25-20)13(8-15(20)18(24)17(12)23)4-5-19(2)11-14(22)9-16(19)21/h4,8,12,16-18,23-24H,3,5-7,9-11H2,1-2H3/t12-,16?,17?,18+,19+,20+,21+/m0/s1. The van der Waals surface area contributed by atoms with Gasteiger partial charge in [-0.2, -0.15) is 0 Å². The number of rotatable bonds is 1. The van der Waals surface area contributed by atoms with Crippen LogP contribution in [0.15, 0.2) is 23.3 Å². The zero-order valence-corrected chi connectivity index (χ0v) is 15.1. The number of carbonyl (C=O) groups is 1. The van der Waals surface area contributed by atoms with Crippen LogP contribution in [0.2, 0.25) is 0 Å². The highest BCUT2D eigenvalue weighted by atomic mass is 16.5. The van der Waals surface area contributed by atoms with E-state index in [4.69, 9.17) is 4.74 Å². The summed E-state index contributed by atoms with van der Waals surface area (Å²) in [6.07, 6.45) is 8.42. The lowest BCUT2D eigenvalue weighted by atomic mass is 9.61. The van der Waals surface area contributed by atoms with Crippen molar-refractivity contribution >= 4 is 5.78 Å². The topological polar surface area (TPSA) is 66.8 Å². The van der Waals surface area contributed by atoms with Gasteiger partial charge in [0.2, 0.25) is 0 Å². The van der Waals surface area contributed by atoms with Gasteiger partial charge in [-0.25, -0.2) is 0 Å². The molecule has 2 heterocycles. The molecule has 0 aromatic rings. The quantitative estimate of drug-likeness (QED) is 0.767. The van der Waals surface area contributed by atoms with E-state index >= 15 is 0 Å². The lowest BCUT2D eigenvalue weighted by Gasteiger charge is -2.54. The van der Waals surface area contributed by atoms with E-state index < -0.39 is 17.8 Å². The first-order valence-corrected chi connectivity index (χ1v) is 9.84. The Morgan fingerprint density at radius 3 is 2.88 bits per heavy atom. The third-order valence-corrected chi connectivity index (χ3v) is 8.07. The molecule has 1 saturated heterocycles. The van der Waals surface area contributed by atoms with Gasteiger partial charge in [-0.15, -0.1) is 0 Å². The zero-order valence-electron chi connectivity index (χ0n) is 15.1. The monoisotopic (exact) mass is 344 g/mol. The molecule has 0 aromatic heterocycles. The van der Waals surface area contributed by atoms with Crippen molar-refractivity contribution < 1.29 is 19.7 Å². The molecule has 25 heavy (non-hydrogen) atoms. The van der Waals surface area contributed by atoms with E-state index in [1.165, 1.54) is 0 Å². The van der Waals surface area contributed by atoms with Gasteiger partial charge in [0.15, 0.2) is 0 Å². The summed E-state index contributed by atoms with van der Waals surface area (Å²) in [4.78, 5) is 12.3. The summed E-state index contributed by atoms with van der Waals surface area (Å²) in [5.74, 6) is 0.670. The summed E-state index contributed by atoms with van der Waals surface area (Å²) in [7, 11) is 0. The Balaban J connectivity index is 1.64. The van der Waals surface area contributed by atoms with Crippen molar-refractivity contribution in [3.05, 3.63) is 23.3 Å². The summed E-state index contributed by atoms with van der Waals surface area (Å²) in [5.41, 5.74) is 1.23. The van der Waals surface area contributed by atoms with Crippen LogP contribution < -0.4 is 0 Å². The van der Waals surface area contributed by atoms with Gasteiger partial charge in [-0.05, 0) is 48.2 Å². The van der Waals surface area contributed by atoms with Gasteiger partial charge >= 0.3 is 0 Å². The number of fused-ring (bicyclic) bond motifs is 1. The lowest BCUT2D eigenvalue weighted by molar-refractivity contribution is -0.163. The van der Waals surface area contributed by atoms with Gasteiger partial charge < -0.3 is 14.9 Å². The van der Waals surface area contributed by atoms with Gasteiger partial charge in [0.05, 0.1) is 17.3 Å². The number of aliphatic hydroxyl groups excluding tert-OH is 2.